The van der Waals surface area contributed by atoms with Crippen molar-refractivity contribution >= 4 is 12.1 Å². The van der Waals surface area contributed by atoms with Gasteiger partial charge in [0.25, 0.3) is 0 Å². The van der Waals surface area contributed by atoms with Gasteiger partial charge in [-0.25, -0.2) is 4.98 Å². The van der Waals surface area contributed by atoms with Crippen molar-refractivity contribution in [1.82, 2.24) is 9.97 Å². The van der Waals surface area contributed by atoms with E-state index in [9.17, 15) is 4.79 Å². The average Bonchev–Trinajstić information content (AvgIpc) is 2.29. The molecule has 0 radical (unpaired) electrons. The molecule has 3 N–H and O–H groups in total. The van der Waals surface area contributed by atoms with Crippen molar-refractivity contribution in [3.8, 4) is 0 Å². The number of hydrogen-bond acceptors (Lipinski definition) is 5. The van der Waals surface area contributed by atoms with Crippen molar-refractivity contribution in [2.75, 3.05) is 11.9 Å². The molecular formula is C10H16N4O. The van der Waals surface area contributed by atoms with Gasteiger partial charge in [0.05, 0.1) is 12.2 Å². The number of carbonyl (C=O) groups is 1. The monoisotopic (exact) mass is 208 g/mol. The van der Waals surface area contributed by atoms with Crippen molar-refractivity contribution in [2.24, 2.45) is 5.73 Å². The molecule has 0 fully saturated rings. The Balaban J connectivity index is 2.05. The quantitative estimate of drug-likeness (QED) is 0.506. The Morgan fingerprint density at radius 1 is 1.47 bits per heavy atom. The highest BCUT2D eigenvalue weighted by molar-refractivity contribution is 5.56. The highest BCUT2D eigenvalue weighted by atomic mass is 16.1. The molecule has 0 saturated carbocycles. The van der Waals surface area contributed by atoms with Gasteiger partial charge >= 0.3 is 0 Å². The number of aromatic nitrogens is 2. The highest BCUT2D eigenvalue weighted by Crippen LogP contribution is 2.00. The van der Waals surface area contributed by atoms with Gasteiger partial charge in [-0.05, 0) is 19.3 Å². The Hall–Kier alpha value is -1.49. The number of rotatable bonds is 7. The maximum atomic E-state index is 10.2. The lowest BCUT2D eigenvalue weighted by molar-refractivity contribution is -0.109. The lowest BCUT2D eigenvalue weighted by Gasteiger charge is -2.05. The summed E-state index contributed by atoms with van der Waals surface area (Å²) in [6.45, 7) is 0.824. The van der Waals surface area contributed by atoms with E-state index in [1.807, 2.05) is 0 Å². The predicted octanol–water partition coefficient (Wildman–Crippen LogP) is 0.585. The third kappa shape index (κ3) is 5.07. The van der Waals surface area contributed by atoms with Crippen LogP contribution in [0.5, 0.6) is 0 Å². The fourth-order valence-corrected chi connectivity index (χ4v) is 1.18. The minimum Gasteiger partial charge on any atom is -0.369 e. The van der Waals surface area contributed by atoms with Crippen LogP contribution in [-0.2, 0) is 4.79 Å². The Kier molecular flexibility index (Phi) is 5.32. The van der Waals surface area contributed by atoms with Crippen LogP contribution in [0.2, 0.25) is 0 Å². The first kappa shape index (κ1) is 11.6. The normalized spacial score (nSPS) is 12.1. The minimum absolute atomic E-state index is 0.318. The van der Waals surface area contributed by atoms with E-state index in [4.69, 9.17) is 5.73 Å². The van der Waals surface area contributed by atoms with Crippen LogP contribution in [0.1, 0.15) is 19.3 Å². The molecule has 1 atom stereocenters. The highest BCUT2D eigenvalue weighted by Gasteiger charge is 1.98. The zero-order valence-corrected chi connectivity index (χ0v) is 8.60. The van der Waals surface area contributed by atoms with Crippen LogP contribution in [0.15, 0.2) is 18.6 Å². The SMILES string of the molecule is N[C@H](C=O)CCCCNc1cnccn1. The number of hydrogen-bond donors (Lipinski definition) is 2. The third-order valence-corrected chi connectivity index (χ3v) is 2.01. The fraction of sp³-hybridized carbons (Fsp3) is 0.500. The number of unbranched alkanes of at least 4 members (excludes halogenated alkanes) is 1. The fourth-order valence-electron chi connectivity index (χ4n) is 1.18. The molecule has 1 rings (SSSR count). The van der Waals surface area contributed by atoms with Crippen LogP contribution in [-0.4, -0.2) is 28.8 Å². The van der Waals surface area contributed by atoms with Gasteiger partial charge < -0.3 is 15.8 Å². The summed E-state index contributed by atoms with van der Waals surface area (Å²) in [7, 11) is 0. The molecule has 82 valence electrons. The van der Waals surface area contributed by atoms with Gasteiger partial charge in [-0.2, -0.15) is 0 Å². The Labute approximate surface area is 89.1 Å². The second kappa shape index (κ2) is 6.89. The van der Waals surface area contributed by atoms with Crippen molar-refractivity contribution < 1.29 is 4.79 Å². The van der Waals surface area contributed by atoms with E-state index in [2.05, 4.69) is 15.3 Å². The zero-order chi connectivity index (χ0) is 10.9. The Morgan fingerprint density at radius 2 is 2.33 bits per heavy atom. The topological polar surface area (TPSA) is 80.9 Å². The van der Waals surface area contributed by atoms with E-state index < -0.39 is 0 Å². The van der Waals surface area contributed by atoms with Gasteiger partial charge in [-0.3, -0.25) is 4.98 Å². The first-order chi connectivity index (χ1) is 7.33. The molecule has 1 aromatic rings. The van der Waals surface area contributed by atoms with Crippen LogP contribution in [0.25, 0.3) is 0 Å². The summed E-state index contributed by atoms with van der Waals surface area (Å²) < 4.78 is 0. The molecule has 0 bridgehead atoms. The minimum atomic E-state index is -0.318. The average molecular weight is 208 g/mol. The lowest BCUT2D eigenvalue weighted by atomic mass is 10.1. The first-order valence-electron chi connectivity index (χ1n) is 5.03. The predicted molar refractivity (Wildman–Crippen MR) is 58.4 cm³/mol. The van der Waals surface area contributed by atoms with Gasteiger partial charge in [-0.15, -0.1) is 0 Å². The van der Waals surface area contributed by atoms with E-state index in [0.29, 0.717) is 0 Å². The molecule has 0 aliphatic rings. The number of nitrogens with two attached hydrogens (primary N) is 1. The summed E-state index contributed by atoms with van der Waals surface area (Å²) in [6, 6.07) is -0.318. The summed E-state index contributed by atoms with van der Waals surface area (Å²) in [5.41, 5.74) is 5.46. The molecule has 0 amide bonds. The van der Waals surface area contributed by atoms with Crippen LogP contribution in [0, 0.1) is 0 Å². The first-order valence-corrected chi connectivity index (χ1v) is 5.03. The Bertz CT molecular complexity index is 278. The number of nitrogens with zero attached hydrogens (tertiary/aromatic N) is 2. The molecule has 15 heavy (non-hydrogen) atoms. The van der Waals surface area contributed by atoms with Crippen LogP contribution < -0.4 is 11.1 Å². The molecule has 0 aromatic carbocycles. The van der Waals surface area contributed by atoms with E-state index in [1.165, 1.54) is 0 Å². The second-order valence-electron chi connectivity index (χ2n) is 3.31. The van der Waals surface area contributed by atoms with Gasteiger partial charge in [0.2, 0.25) is 0 Å². The zero-order valence-electron chi connectivity index (χ0n) is 8.60. The van der Waals surface area contributed by atoms with Crippen molar-refractivity contribution in [2.45, 2.75) is 25.3 Å². The molecule has 0 aliphatic carbocycles. The third-order valence-electron chi connectivity index (χ3n) is 2.01. The second-order valence-corrected chi connectivity index (χ2v) is 3.31. The molecule has 0 aliphatic heterocycles. The molecular weight excluding hydrogens is 192 g/mol. The molecule has 0 unspecified atom stereocenters. The van der Waals surface area contributed by atoms with E-state index in [0.717, 1.165) is 37.9 Å². The maximum absolute atomic E-state index is 10.2. The molecule has 1 aromatic heterocycles. The molecule has 1 heterocycles. The summed E-state index contributed by atoms with van der Waals surface area (Å²) in [4.78, 5) is 18.2. The largest absolute Gasteiger partial charge is 0.369 e. The van der Waals surface area contributed by atoms with E-state index in [1.54, 1.807) is 18.6 Å². The Morgan fingerprint density at radius 3 is 3.00 bits per heavy atom. The summed E-state index contributed by atoms with van der Waals surface area (Å²) in [5, 5.41) is 3.13. The standard InChI is InChI=1S/C10H16N4O/c11-9(8-15)3-1-2-4-13-10-7-12-5-6-14-10/h5-9H,1-4,11H2,(H,13,14)/t9-/m0/s1. The van der Waals surface area contributed by atoms with Crippen molar-refractivity contribution in [3.05, 3.63) is 18.6 Å². The van der Waals surface area contributed by atoms with Crippen molar-refractivity contribution in [3.63, 3.8) is 0 Å². The molecule has 5 heteroatoms. The summed E-state index contributed by atoms with van der Waals surface area (Å²) in [5.74, 6) is 0.775. The molecule has 0 spiro atoms. The number of anilines is 1. The summed E-state index contributed by atoms with van der Waals surface area (Å²) in [6.07, 6.45) is 8.39. The van der Waals surface area contributed by atoms with Gasteiger partial charge in [0, 0.05) is 18.9 Å². The van der Waals surface area contributed by atoms with E-state index >= 15 is 0 Å². The van der Waals surface area contributed by atoms with Crippen LogP contribution >= 0.6 is 0 Å². The smallest absolute Gasteiger partial charge is 0.144 e. The van der Waals surface area contributed by atoms with Crippen LogP contribution in [0.4, 0.5) is 5.82 Å². The van der Waals surface area contributed by atoms with Gasteiger partial charge in [0.15, 0.2) is 0 Å². The lowest BCUT2D eigenvalue weighted by Crippen LogP contribution is -2.21. The molecule has 5 nitrogen and oxygen atoms in total. The number of carbonyl (C=O) groups excluding carboxylic acids is 1. The molecule has 0 saturated heterocycles. The van der Waals surface area contributed by atoms with Gasteiger partial charge in [-0.1, -0.05) is 0 Å². The number of aldehydes is 1. The van der Waals surface area contributed by atoms with Crippen LogP contribution in [0.3, 0.4) is 0 Å². The number of nitrogens with one attached hydrogen (secondary N) is 1. The van der Waals surface area contributed by atoms with E-state index in [-0.39, 0.29) is 6.04 Å². The maximum Gasteiger partial charge on any atom is 0.144 e. The summed E-state index contributed by atoms with van der Waals surface area (Å²) >= 11 is 0. The van der Waals surface area contributed by atoms with Gasteiger partial charge in [0.1, 0.15) is 12.1 Å². The van der Waals surface area contributed by atoms with Crippen molar-refractivity contribution in [1.29, 1.82) is 0 Å².